The zero-order valence-electron chi connectivity index (χ0n) is 11.5. The van der Waals surface area contributed by atoms with Crippen molar-refractivity contribution in [2.75, 3.05) is 25.1 Å². The van der Waals surface area contributed by atoms with Crippen LogP contribution in [0, 0.1) is 5.82 Å². The Morgan fingerprint density at radius 2 is 2.26 bits per heavy atom. The number of nitrogens with one attached hydrogen (secondary N) is 2. The van der Waals surface area contributed by atoms with Gasteiger partial charge in [-0.3, -0.25) is 4.79 Å². The molecular weight excluding hydrogens is 249 g/mol. The van der Waals surface area contributed by atoms with Crippen molar-refractivity contribution < 1.29 is 13.9 Å². The number of amides is 1. The molecule has 0 saturated carbocycles. The first-order valence-electron chi connectivity index (χ1n) is 6.37. The van der Waals surface area contributed by atoms with E-state index < -0.39 is 11.7 Å². The maximum atomic E-state index is 14.0. The van der Waals surface area contributed by atoms with Crippen molar-refractivity contribution in [3.05, 3.63) is 23.6 Å². The molecule has 1 aromatic heterocycles. The molecule has 1 rings (SSSR count). The zero-order valence-corrected chi connectivity index (χ0v) is 11.5. The predicted molar refractivity (Wildman–Crippen MR) is 71.8 cm³/mol. The molecule has 106 valence electrons. The Kier molecular flexibility index (Phi) is 6.21. The van der Waals surface area contributed by atoms with Crippen molar-refractivity contribution in [3.8, 4) is 0 Å². The first-order chi connectivity index (χ1) is 9.10. The van der Waals surface area contributed by atoms with Crippen molar-refractivity contribution in [1.29, 1.82) is 0 Å². The minimum absolute atomic E-state index is 0.0192. The number of pyridine rings is 1. The highest BCUT2D eigenvalue weighted by atomic mass is 19.1. The fourth-order valence-corrected chi connectivity index (χ4v) is 1.55. The number of carbonyl (C=O) groups is 1. The van der Waals surface area contributed by atoms with Gasteiger partial charge in [0.15, 0.2) is 11.6 Å². The number of hydrogen-bond donors (Lipinski definition) is 2. The van der Waals surface area contributed by atoms with Crippen LogP contribution in [0.3, 0.4) is 0 Å². The van der Waals surface area contributed by atoms with Crippen LogP contribution in [0.25, 0.3) is 0 Å². The maximum absolute atomic E-state index is 14.0. The van der Waals surface area contributed by atoms with Gasteiger partial charge < -0.3 is 15.4 Å². The van der Waals surface area contributed by atoms with Crippen molar-refractivity contribution in [2.24, 2.45) is 0 Å². The molecule has 1 amide bonds. The molecular formula is C13H20FN3O2. The molecule has 1 atom stereocenters. The summed E-state index contributed by atoms with van der Waals surface area (Å²) in [6.45, 7) is 7.02. The van der Waals surface area contributed by atoms with Gasteiger partial charge in [-0.2, -0.15) is 0 Å². The van der Waals surface area contributed by atoms with Crippen LogP contribution in [0.15, 0.2) is 12.3 Å². The molecule has 0 aliphatic rings. The van der Waals surface area contributed by atoms with Crippen LogP contribution in [0.4, 0.5) is 10.2 Å². The number of anilines is 1. The van der Waals surface area contributed by atoms with Gasteiger partial charge >= 0.3 is 0 Å². The number of ether oxygens (including phenoxy) is 1. The van der Waals surface area contributed by atoms with Crippen LogP contribution in [0.5, 0.6) is 0 Å². The molecule has 0 radical (unpaired) electrons. The topological polar surface area (TPSA) is 63.2 Å². The molecule has 0 saturated heterocycles. The lowest BCUT2D eigenvalue weighted by Gasteiger charge is -2.14. The van der Waals surface area contributed by atoms with Gasteiger partial charge in [-0.15, -0.1) is 0 Å². The van der Waals surface area contributed by atoms with E-state index >= 15 is 0 Å². The van der Waals surface area contributed by atoms with E-state index in [1.165, 1.54) is 12.3 Å². The van der Waals surface area contributed by atoms with Gasteiger partial charge in [-0.05, 0) is 26.8 Å². The smallest absolute Gasteiger partial charge is 0.254 e. The Bertz CT molecular complexity index is 426. The minimum atomic E-state index is -0.634. The maximum Gasteiger partial charge on any atom is 0.254 e. The largest absolute Gasteiger partial charge is 0.380 e. The highest BCUT2D eigenvalue weighted by Crippen LogP contribution is 2.14. The van der Waals surface area contributed by atoms with Gasteiger partial charge in [-0.1, -0.05) is 0 Å². The Balaban J connectivity index is 2.74. The van der Waals surface area contributed by atoms with Gasteiger partial charge in [-0.25, -0.2) is 9.37 Å². The molecule has 5 nitrogen and oxygen atoms in total. The average Bonchev–Trinajstić information content (AvgIpc) is 2.39. The van der Waals surface area contributed by atoms with Crippen LogP contribution >= 0.6 is 0 Å². The molecule has 19 heavy (non-hydrogen) atoms. The van der Waals surface area contributed by atoms with Crippen molar-refractivity contribution in [3.63, 3.8) is 0 Å². The third-order valence-corrected chi connectivity index (χ3v) is 2.43. The average molecular weight is 269 g/mol. The fourth-order valence-electron chi connectivity index (χ4n) is 1.55. The molecule has 0 fully saturated rings. The van der Waals surface area contributed by atoms with Crippen LogP contribution in [0.1, 0.15) is 31.1 Å². The van der Waals surface area contributed by atoms with Gasteiger partial charge in [0.1, 0.15) is 0 Å². The normalized spacial score (nSPS) is 12.0. The van der Waals surface area contributed by atoms with Gasteiger partial charge in [0.25, 0.3) is 5.91 Å². The summed E-state index contributed by atoms with van der Waals surface area (Å²) in [5, 5.41) is 5.45. The number of rotatable bonds is 7. The summed E-state index contributed by atoms with van der Waals surface area (Å²) in [7, 11) is 0. The first-order valence-corrected chi connectivity index (χ1v) is 6.37. The number of carbonyl (C=O) groups excluding carboxylic acids is 1. The lowest BCUT2D eigenvalue weighted by molar-refractivity contribution is 0.0868. The third kappa shape index (κ3) is 4.48. The van der Waals surface area contributed by atoms with E-state index in [1.807, 2.05) is 13.8 Å². The molecule has 0 spiro atoms. The Morgan fingerprint density at radius 1 is 1.53 bits per heavy atom. The van der Waals surface area contributed by atoms with E-state index in [0.717, 1.165) is 0 Å². The van der Waals surface area contributed by atoms with Gasteiger partial charge in [0.05, 0.1) is 12.2 Å². The van der Waals surface area contributed by atoms with Crippen LogP contribution in [0.2, 0.25) is 0 Å². The monoisotopic (exact) mass is 269 g/mol. The van der Waals surface area contributed by atoms with Crippen molar-refractivity contribution >= 4 is 11.7 Å². The standard InChI is InChI=1S/C13H20FN3O2/c1-4-15-12-11(14)10(6-7-16-12)13(18)17-9(3)8-19-5-2/h6-7,9H,4-5,8H2,1-3H3,(H,15,16)(H,17,18). The molecule has 2 N–H and O–H groups in total. The number of nitrogens with zero attached hydrogens (tertiary/aromatic N) is 1. The summed E-state index contributed by atoms with van der Waals surface area (Å²) in [5.74, 6) is -1.01. The number of halogens is 1. The molecule has 0 bridgehead atoms. The summed E-state index contributed by atoms with van der Waals surface area (Å²) in [6, 6.07) is 1.18. The number of hydrogen-bond acceptors (Lipinski definition) is 4. The zero-order chi connectivity index (χ0) is 14.3. The van der Waals surface area contributed by atoms with E-state index in [2.05, 4.69) is 15.6 Å². The summed E-state index contributed by atoms with van der Waals surface area (Å²) in [5.41, 5.74) is -0.0192. The van der Waals surface area contributed by atoms with Gasteiger partial charge in [0, 0.05) is 25.4 Å². The molecule has 0 aromatic carbocycles. The van der Waals surface area contributed by atoms with E-state index in [0.29, 0.717) is 19.8 Å². The lowest BCUT2D eigenvalue weighted by Crippen LogP contribution is -2.36. The van der Waals surface area contributed by atoms with E-state index in [-0.39, 0.29) is 17.4 Å². The van der Waals surface area contributed by atoms with E-state index in [9.17, 15) is 9.18 Å². The summed E-state index contributed by atoms with van der Waals surface area (Å²) in [4.78, 5) is 15.8. The van der Waals surface area contributed by atoms with Crippen LogP contribution in [-0.4, -0.2) is 36.7 Å². The molecule has 0 aliphatic heterocycles. The summed E-state index contributed by atoms with van der Waals surface area (Å²) >= 11 is 0. The Labute approximate surface area is 112 Å². The predicted octanol–water partition coefficient (Wildman–Crippen LogP) is 1.81. The highest BCUT2D eigenvalue weighted by Gasteiger charge is 2.17. The highest BCUT2D eigenvalue weighted by molar-refractivity contribution is 5.95. The second kappa shape index (κ2) is 7.68. The van der Waals surface area contributed by atoms with Crippen molar-refractivity contribution in [1.82, 2.24) is 10.3 Å². The summed E-state index contributed by atoms with van der Waals surface area (Å²) < 4.78 is 19.2. The van der Waals surface area contributed by atoms with E-state index in [4.69, 9.17) is 4.74 Å². The van der Waals surface area contributed by atoms with Crippen LogP contribution in [-0.2, 0) is 4.74 Å². The Morgan fingerprint density at radius 3 is 2.89 bits per heavy atom. The molecule has 6 heteroatoms. The minimum Gasteiger partial charge on any atom is -0.380 e. The molecule has 0 aliphatic carbocycles. The second-order valence-electron chi connectivity index (χ2n) is 4.09. The molecule has 1 aromatic rings. The third-order valence-electron chi connectivity index (χ3n) is 2.43. The first kappa shape index (κ1) is 15.4. The number of aromatic nitrogens is 1. The van der Waals surface area contributed by atoms with Gasteiger partial charge in [0.2, 0.25) is 0 Å². The SMILES string of the molecule is CCNc1nccc(C(=O)NC(C)COCC)c1F. The summed E-state index contributed by atoms with van der Waals surface area (Å²) in [6.07, 6.45) is 1.41. The second-order valence-corrected chi connectivity index (χ2v) is 4.09. The fraction of sp³-hybridized carbons (Fsp3) is 0.538. The molecule has 1 unspecified atom stereocenters. The van der Waals surface area contributed by atoms with E-state index in [1.54, 1.807) is 6.92 Å². The Hall–Kier alpha value is -1.69. The van der Waals surface area contributed by atoms with Crippen LogP contribution < -0.4 is 10.6 Å². The molecule has 1 heterocycles. The van der Waals surface area contributed by atoms with Crippen molar-refractivity contribution in [2.45, 2.75) is 26.8 Å². The lowest BCUT2D eigenvalue weighted by atomic mass is 10.2. The quantitative estimate of drug-likeness (QED) is 0.792.